The molecule has 0 aromatic carbocycles. The molecule has 0 radical (unpaired) electrons. The first-order chi connectivity index (χ1) is 5.43. The van der Waals surface area contributed by atoms with Gasteiger partial charge >= 0.3 is 0 Å². The van der Waals surface area contributed by atoms with E-state index in [9.17, 15) is 5.11 Å². The number of aliphatic hydroxyl groups is 1. The van der Waals surface area contributed by atoms with E-state index in [0.717, 1.165) is 19.4 Å². The maximum Gasteiger partial charge on any atom is 0.0786 e. The van der Waals surface area contributed by atoms with Gasteiger partial charge < -0.3 is 10.0 Å². The van der Waals surface area contributed by atoms with Crippen LogP contribution in [0.4, 0.5) is 0 Å². The smallest absolute Gasteiger partial charge is 0.0786 e. The summed E-state index contributed by atoms with van der Waals surface area (Å²) >= 11 is 0. The van der Waals surface area contributed by atoms with Crippen molar-refractivity contribution in [2.75, 3.05) is 13.6 Å². The molecule has 0 aromatic rings. The Bertz CT molecular complexity index is 154. The molecule has 1 aliphatic rings. The van der Waals surface area contributed by atoms with Gasteiger partial charge in [-0.15, -0.1) is 0 Å². The Hall–Kier alpha value is -0.0800. The molecule has 0 saturated carbocycles. The van der Waals surface area contributed by atoms with Crippen LogP contribution in [0, 0.1) is 5.92 Å². The zero-order valence-corrected chi connectivity index (χ0v) is 8.67. The number of likely N-dealkylation sites (tertiary alicyclic amines) is 1. The zero-order valence-electron chi connectivity index (χ0n) is 8.67. The molecule has 1 N–H and O–H groups in total. The second-order valence-corrected chi connectivity index (χ2v) is 4.73. The number of rotatable bonds is 2. The van der Waals surface area contributed by atoms with Crippen LogP contribution in [-0.2, 0) is 0 Å². The zero-order chi connectivity index (χ0) is 9.35. The van der Waals surface area contributed by atoms with E-state index in [4.69, 9.17) is 0 Å². The highest BCUT2D eigenvalue weighted by Gasteiger charge is 2.40. The number of likely N-dealkylation sites (N-methyl/N-ethyl adjacent to an activating group) is 1. The van der Waals surface area contributed by atoms with Crippen molar-refractivity contribution in [3.8, 4) is 0 Å². The minimum Gasteiger partial charge on any atom is -0.388 e. The molecule has 0 bridgehead atoms. The molecule has 2 heteroatoms. The van der Waals surface area contributed by atoms with E-state index in [1.165, 1.54) is 0 Å². The fraction of sp³-hybridized carbons (Fsp3) is 1.00. The van der Waals surface area contributed by atoms with Gasteiger partial charge in [-0.1, -0.05) is 13.8 Å². The summed E-state index contributed by atoms with van der Waals surface area (Å²) in [7, 11) is 2.11. The fourth-order valence-electron chi connectivity index (χ4n) is 2.08. The van der Waals surface area contributed by atoms with Crippen molar-refractivity contribution in [1.82, 2.24) is 4.90 Å². The molecule has 0 aliphatic carbocycles. The third-order valence-corrected chi connectivity index (χ3v) is 2.92. The normalized spacial score (nSPS) is 38.0. The highest BCUT2D eigenvalue weighted by Crippen LogP contribution is 2.30. The summed E-state index contributed by atoms with van der Waals surface area (Å²) in [6.45, 7) is 7.42. The molecular weight excluding hydrogens is 150 g/mol. The minimum atomic E-state index is -0.459. The number of hydrogen-bond donors (Lipinski definition) is 1. The molecule has 0 spiro atoms. The van der Waals surface area contributed by atoms with Crippen molar-refractivity contribution in [1.29, 1.82) is 0 Å². The van der Waals surface area contributed by atoms with Crippen molar-refractivity contribution < 1.29 is 5.11 Å². The molecule has 1 fully saturated rings. The van der Waals surface area contributed by atoms with Crippen LogP contribution >= 0.6 is 0 Å². The van der Waals surface area contributed by atoms with Crippen LogP contribution in [0.1, 0.15) is 33.6 Å². The van der Waals surface area contributed by atoms with Crippen LogP contribution in [0.5, 0.6) is 0 Å². The van der Waals surface area contributed by atoms with Gasteiger partial charge in [0.25, 0.3) is 0 Å². The van der Waals surface area contributed by atoms with Crippen molar-refractivity contribution >= 4 is 0 Å². The summed E-state index contributed by atoms with van der Waals surface area (Å²) in [5.41, 5.74) is -0.459. The van der Waals surface area contributed by atoms with Gasteiger partial charge in [-0.3, -0.25) is 0 Å². The van der Waals surface area contributed by atoms with Crippen molar-refractivity contribution in [3.63, 3.8) is 0 Å². The third kappa shape index (κ3) is 1.99. The van der Waals surface area contributed by atoms with Crippen LogP contribution in [0.25, 0.3) is 0 Å². The van der Waals surface area contributed by atoms with Crippen LogP contribution in [0.3, 0.4) is 0 Å². The molecule has 1 heterocycles. The predicted octanol–water partition coefficient (Wildman–Crippen LogP) is 1.49. The Morgan fingerprint density at radius 1 is 1.58 bits per heavy atom. The molecule has 1 saturated heterocycles. The van der Waals surface area contributed by atoms with E-state index in [0.29, 0.717) is 12.0 Å². The van der Waals surface area contributed by atoms with E-state index in [-0.39, 0.29) is 0 Å². The van der Waals surface area contributed by atoms with Gasteiger partial charge in [0, 0.05) is 12.6 Å². The molecule has 1 rings (SSSR count). The molecule has 0 unspecified atom stereocenters. The Morgan fingerprint density at radius 2 is 2.17 bits per heavy atom. The van der Waals surface area contributed by atoms with Gasteiger partial charge in [0.1, 0.15) is 0 Å². The van der Waals surface area contributed by atoms with Crippen molar-refractivity contribution in [2.24, 2.45) is 5.92 Å². The quantitative estimate of drug-likeness (QED) is 0.680. The standard InChI is InChI=1S/C10H21NO/c1-8(2)7-9-10(3,12)5-6-11(9)4/h8-9,12H,5-7H2,1-4H3/t9-,10+/m1/s1. The van der Waals surface area contributed by atoms with Crippen molar-refractivity contribution in [3.05, 3.63) is 0 Å². The van der Waals surface area contributed by atoms with Gasteiger partial charge in [0.05, 0.1) is 5.60 Å². The van der Waals surface area contributed by atoms with Gasteiger partial charge in [0.2, 0.25) is 0 Å². The lowest BCUT2D eigenvalue weighted by Crippen LogP contribution is -2.41. The lowest BCUT2D eigenvalue weighted by atomic mass is 9.90. The minimum absolute atomic E-state index is 0.359. The summed E-state index contributed by atoms with van der Waals surface area (Å²) in [6, 6.07) is 0.359. The van der Waals surface area contributed by atoms with Gasteiger partial charge in [-0.05, 0) is 32.7 Å². The van der Waals surface area contributed by atoms with Crippen LogP contribution < -0.4 is 0 Å². The molecule has 0 amide bonds. The van der Waals surface area contributed by atoms with Crippen molar-refractivity contribution in [2.45, 2.75) is 45.3 Å². The van der Waals surface area contributed by atoms with E-state index in [2.05, 4.69) is 25.8 Å². The van der Waals surface area contributed by atoms with E-state index in [1.807, 2.05) is 6.92 Å². The van der Waals surface area contributed by atoms with Crippen LogP contribution in [-0.4, -0.2) is 35.2 Å². The topological polar surface area (TPSA) is 23.5 Å². The van der Waals surface area contributed by atoms with Gasteiger partial charge in [0.15, 0.2) is 0 Å². The predicted molar refractivity (Wildman–Crippen MR) is 51.1 cm³/mol. The SMILES string of the molecule is CC(C)C[C@H]1N(C)CC[C@]1(C)O. The molecule has 0 aromatic heterocycles. The summed E-state index contributed by atoms with van der Waals surface area (Å²) in [5, 5.41) is 10.0. The molecule has 2 atom stereocenters. The number of hydrogen-bond acceptors (Lipinski definition) is 2. The summed E-state index contributed by atoms with van der Waals surface area (Å²) in [6.07, 6.45) is 2.02. The lowest BCUT2D eigenvalue weighted by molar-refractivity contribution is 0.0174. The third-order valence-electron chi connectivity index (χ3n) is 2.92. The average Bonchev–Trinajstić information content (AvgIpc) is 2.15. The van der Waals surface area contributed by atoms with E-state index >= 15 is 0 Å². The second-order valence-electron chi connectivity index (χ2n) is 4.73. The first-order valence-corrected chi connectivity index (χ1v) is 4.86. The maximum absolute atomic E-state index is 10.0. The summed E-state index contributed by atoms with van der Waals surface area (Å²) in [4.78, 5) is 2.28. The Labute approximate surface area is 75.6 Å². The first-order valence-electron chi connectivity index (χ1n) is 4.86. The first kappa shape index (κ1) is 10.0. The van der Waals surface area contributed by atoms with Crippen LogP contribution in [0.15, 0.2) is 0 Å². The Morgan fingerprint density at radius 3 is 2.50 bits per heavy atom. The largest absolute Gasteiger partial charge is 0.388 e. The highest BCUT2D eigenvalue weighted by atomic mass is 16.3. The maximum atomic E-state index is 10.0. The highest BCUT2D eigenvalue weighted by molar-refractivity contribution is 4.95. The Kier molecular flexibility index (Phi) is 2.79. The Balaban J connectivity index is 2.59. The summed E-state index contributed by atoms with van der Waals surface area (Å²) in [5.74, 6) is 0.669. The average molecular weight is 171 g/mol. The molecule has 72 valence electrons. The lowest BCUT2D eigenvalue weighted by Gasteiger charge is -2.30. The molecule has 12 heavy (non-hydrogen) atoms. The summed E-state index contributed by atoms with van der Waals surface area (Å²) < 4.78 is 0. The second kappa shape index (κ2) is 3.35. The fourth-order valence-corrected chi connectivity index (χ4v) is 2.08. The van der Waals surface area contributed by atoms with Crippen LogP contribution in [0.2, 0.25) is 0 Å². The monoisotopic (exact) mass is 171 g/mol. The van der Waals surface area contributed by atoms with E-state index in [1.54, 1.807) is 0 Å². The van der Waals surface area contributed by atoms with Gasteiger partial charge in [-0.2, -0.15) is 0 Å². The van der Waals surface area contributed by atoms with E-state index < -0.39 is 5.60 Å². The molecule has 1 aliphatic heterocycles. The molecule has 2 nitrogen and oxygen atoms in total. The van der Waals surface area contributed by atoms with Gasteiger partial charge in [-0.25, -0.2) is 0 Å². The molecular formula is C10H21NO. The number of nitrogens with zero attached hydrogens (tertiary/aromatic N) is 1.